The summed E-state index contributed by atoms with van der Waals surface area (Å²) in [6, 6.07) is 17.5. The summed E-state index contributed by atoms with van der Waals surface area (Å²) < 4.78 is 0. The summed E-state index contributed by atoms with van der Waals surface area (Å²) in [5, 5.41) is 0.363. The van der Waals surface area contributed by atoms with E-state index >= 15 is 0 Å². The van der Waals surface area contributed by atoms with Crippen molar-refractivity contribution in [1.29, 1.82) is 0 Å². The van der Waals surface area contributed by atoms with Crippen LogP contribution in [0.4, 0.5) is 0 Å². The molecule has 2 aromatic carbocycles. The Bertz CT molecular complexity index is 812. The van der Waals surface area contributed by atoms with Crippen LogP contribution in [0.1, 0.15) is 22.8 Å². The molecule has 0 radical (unpaired) electrons. The molecule has 0 aliphatic heterocycles. The molecule has 0 atom stereocenters. The predicted octanol–water partition coefficient (Wildman–Crippen LogP) is 4.84. The van der Waals surface area contributed by atoms with Gasteiger partial charge in [0.05, 0.1) is 11.2 Å². The maximum atomic E-state index is 11.8. The van der Waals surface area contributed by atoms with E-state index in [1.165, 1.54) is 0 Å². The van der Waals surface area contributed by atoms with E-state index in [0.717, 1.165) is 34.1 Å². The van der Waals surface area contributed by atoms with E-state index in [4.69, 9.17) is 11.6 Å². The van der Waals surface area contributed by atoms with Gasteiger partial charge >= 0.3 is 0 Å². The van der Waals surface area contributed by atoms with Crippen molar-refractivity contribution in [3.05, 3.63) is 65.7 Å². The van der Waals surface area contributed by atoms with Crippen LogP contribution in [0.2, 0.25) is 0 Å². The lowest BCUT2D eigenvalue weighted by Crippen LogP contribution is -1.96. The number of carbonyl (C=O) groups is 1. The molecular formula is C18H14ClNO. The van der Waals surface area contributed by atoms with Crippen molar-refractivity contribution in [1.82, 2.24) is 4.98 Å². The number of hydrogen-bond donors (Lipinski definition) is 0. The fraction of sp³-hybridized carbons (Fsp3) is 0.111. The molecule has 3 heteroatoms. The Hall–Kier alpha value is -2.19. The monoisotopic (exact) mass is 295 g/mol. The summed E-state index contributed by atoms with van der Waals surface area (Å²) in [6.45, 7) is 2.08. The van der Waals surface area contributed by atoms with E-state index in [1.54, 1.807) is 6.07 Å². The average Bonchev–Trinajstić information content (AvgIpc) is 2.54. The number of rotatable bonds is 3. The van der Waals surface area contributed by atoms with Crippen molar-refractivity contribution in [2.24, 2.45) is 0 Å². The normalized spacial score (nSPS) is 10.8. The van der Waals surface area contributed by atoms with Crippen LogP contribution in [0.25, 0.3) is 22.2 Å². The topological polar surface area (TPSA) is 30.0 Å². The Labute approximate surface area is 128 Å². The molecule has 1 heterocycles. The van der Waals surface area contributed by atoms with E-state index in [9.17, 15) is 4.79 Å². The smallest absolute Gasteiger partial charge is 0.253 e. The van der Waals surface area contributed by atoms with E-state index in [-0.39, 0.29) is 0 Å². The summed E-state index contributed by atoms with van der Waals surface area (Å²) in [4.78, 5) is 16.4. The summed E-state index contributed by atoms with van der Waals surface area (Å²) in [7, 11) is 0. The highest BCUT2D eigenvalue weighted by Gasteiger charge is 2.12. The molecule has 0 spiro atoms. The van der Waals surface area contributed by atoms with E-state index in [0.29, 0.717) is 5.56 Å². The summed E-state index contributed by atoms with van der Waals surface area (Å²) in [6.07, 6.45) is 0.909. The number of aromatic nitrogens is 1. The second-order valence-corrected chi connectivity index (χ2v) is 5.24. The molecule has 0 fully saturated rings. The van der Waals surface area contributed by atoms with Gasteiger partial charge in [-0.15, -0.1) is 0 Å². The lowest BCUT2D eigenvalue weighted by molar-refractivity contribution is 0.108. The van der Waals surface area contributed by atoms with Crippen LogP contribution in [0.5, 0.6) is 0 Å². The van der Waals surface area contributed by atoms with Gasteiger partial charge in [-0.25, -0.2) is 4.98 Å². The van der Waals surface area contributed by atoms with Crippen molar-refractivity contribution in [2.75, 3.05) is 0 Å². The lowest BCUT2D eigenvalue weighted by atomic mass is 10.0. The van der Waals surface area contributed by atoms with Gasteiger partial charge in [-0.3, -0.25) is 4.79 Å². The number of benzene rings is 2. The zero-order chi connectivity index (χ0) is 14.8. The molecule has 104 valence electrons. The zero-order valence-corrected chi connectivity index (χ0v) is 12.4. The van der Waals surface area contributed by atoms with Crippen LogP contribution in [0.3, 0.4) is 0 Å². The molecule has 1 aromatic heterocycles. The van der Waals surface area contributed by atoms with Gasteiger partial charge in [-0.2, -0.15) is 0 Å². The maximum Gasteiger partial charge on any atom is 0.253 e. The van der Waals surface area contributed by atoms with Crippen LogP contribution in [-0.4, -0.2) is 10.2 Å². The SMILES string of the molecule is CCc1ccc2nc(-c3ccccc3)cc(C(=O)Cl)c2c1. The highest BCUT2D eigenvalue weighted by atomic mass is 35.5. The van der Waals surface area contributed by atoms with Crippen LogP contribution >= 0.6 is 11.6 Å². The lowest BCUT2D eigenvalue weighted by Gasteiger charge is -2.08. The quantitative estimate of drug-likeness (QED) is 0.647. The standard InChI is InChI=1S/C18H14ClNO/c1-2-12-8-9-16-14(10-12)15(18(19)21)11-17(20-16)13-6-4-3-5-7-13/h3-11H,2H2,1H3. The molecule has 0 aliphatic rings. The third kappa shape index (κ3) is 2.67. The first kappa shape index (κ1) is 13.8. The van der Waals surface area contributed by atoms with Gasteiger partial charge in [0.2, 0.25) is 0 Å². The second-order valence-electron chi connectivity index (χ2n) is 4.90. The van der Waals surface area contributed by atoms with Gasteiger partial charge in [0.15, 0.2) is 0 Å². The first-order valence-electron chi connectivity index (χ1n) is 6.88. The molecule has 0 saturated heterocycles. The largest absolute Gasteiger partial charge is 0.276 e. The second kappa shape index (κ2) is 5.66. The van der Waals surface area contributed by atoms with E-state index in [2.05, 4.69) is 11.9 Å². The van der Waals surface area contributed by atoms with Gasteiger partial charge in [-0.05, 0) is 41.8 Å². The van der Waals surface area contributed by atoms with Crippen LogP contribution in [0.15, 0.2) is 54.6 Å². The molecule has 0 amide bonds. The van der Waals surface area contributed by atoms with Crippen LogP contribution < -0.4 is 0 Å². The number of halogens is 1. The highest BCUT2D eigenvalue weighted by molar-refractivity contribution is 6.68. The van der Waals surface area contributed by atoms with Gasteiger partial charge < -0.3 is 0 Å². The van der Waals surface area contributed by atoms with Gasteiger partial charge in [0, 0.05) is 16.5 Å². The molecule has 0 unspecified atom stereocenters. The van der Waals surface area contributed by atoms with Crippen LogP contribution in [0, 0.1) is 0 Å². The number of hydrogen-bond acceptors (Lipinski definition) is 2. The van der Waals surface area contributed by atoms with Crippen molar-refractivity contribution in [3.63, 3.8) is 0 Å². The Kier molecular flexibility index (Phi) is 3.72. The third-order valence-electron chi connectivity index (χ3n) is 3.56. The van der Waals surface area contributed by atoms with Gasteiger partial charge in [0.25, 0.3) is 5.24 Å². The number of aryl methyl sites for hydroxylation is 1. The molecule has 0 bridgehead atoms. The molecule has 3 aromatic rings. The minimum absolute atomic E-state index is 0.451. The highest BCUT2D eigenvalue weighted by Crippen LogP contribution is 2.26. The Morgan fingerprint density at radius 3 is 2.52 bits per heavy atom. The molecule has 0 saturated carbocycles. The fourth-order valence-electron chi connectivity index (χ4n) is 2.41. The summed E-state index contributed by atoms with van der Waals surface area (Å²) >= 11 is 5.77. The number of pyridine rings is 1. The van der Waals surface area contributed by atoms with Gasteiger partial charge in [0.1, 0.15) is 0 Å². The minimum atomic E-state index is -0.451. The fourth-order valence-corrected chi connectivity index (χ4v) is 2.57. The Morgan fingerprint density at radius 1 is 1.10 bits per heavy atom. The first-order chi connectivity index (χ1) is 10.2. The summed E-state index contributed by atoms with van der Waals surface area (Å²) in [5.41, 5.74) is 4.19. The minimum Gasteiger partial charge on any atom is -0.276 e. The maximum absolute atomic E-state index is 11.8. The first-order valence-corrected chi connectivity index (χ1v) is 7.26. The van der Waals surface area contributed by atoms with E-state index in [1.807, 2.05) is 48.5 Å². The number of fused-ring (bicyclic) bond motifs is 1. The predicted molar refractivity (Wildman–Crippen MR) is 86.7 cm³/mol. The molecule has 0 N–H and O–H groups in total. The van der Waals surface area contributed by atoms with Crippen molar-refractivity contribution in [2.45, 2.75) is 13.3 Å². The molecule has 21 heavy (non-hydrogen) atoms. The van der Waals surface area contributed by atoms with Crippen molar-refractivity contribution < 1.29 is 4.79 Å². The van der Waals surface area contributed by atoms with E-state index < -0.39 is 5.24 Å². The molecule has 3 rings (SSSR count). The third-order valence-corrected chi connectivity index (χ3v) is 3.77. The Balaban J connectivity index is 2.29. The number of nitrogens with zero attached hydrogens (tertiary/aromatic N) is 1. The van der Waals surface area contributed by atoms with Crippen LogP contribution in [-0.2, 0) is 6.42 Å². The number of carbonyl (C=O) groups excluding carboxylic acids is 1. The Morgan fingerprint density at radius 2 is 1.86 bits per heavy atom. The molecule has 0 aliphatic carbocycles. The molecular weight excluding hydrogens is 282 g/mol. The average molecular weight is 296 g/mol. The molecule has 2 nitrogen and oxygen atoms in total. The zero-order valence-electron chi connectivity index (χ0n) is 11.6. The summed E-state index contributed by atoms with van der Waals surface area (Å²) in [5.74, 6) is 0. The van der Waals surface area contributed by atoms with Crippen molar-refractivity contribution >= 4 is 27.7 Å². The van der Waals surface area contributed by atoms with Gasteiger partial charge in [-0.1, -0.05) is 43.3 Å². The van der Waals surface area contributed by atoms with Crippen molar-refractivity contribution in [3.8, 4) is 11.3 Å².